The Morgan fingerprint density at radius 2 is 1.32 bits per heavy atom. The molecule has 0 bridgehead atoms. The molecular weight excluding hydrogens is 1080 g/mol. The Morgan fingerprint density at radius 1 is 0.683 bits per heavy atom. The molecule has 15 atom stereocenters. The molecule has 5 rings (SSSR count). The van der Waals surface area contributed by atoms with Crippen molar-refractivity contribution in [3.05, 3.63) is 35.9 Å². The number of ether oxygens (including phenoxy) is 10. The average molecular weight is 1170 g/mol. The Bertz CT molecular complexity index is 2060. The maximum atomic E-state index is 13.9. The first kappa shape index (κ1) is 68.3. The first-order valence-corrected chi connectivity index (χ1v) is 28.9. The minimum Gasteiger partial charge on any atom is -0.479 e. The van der Waals surface area contributed by atoms with Crippen LogP contribution < -0.4 is 21.3 Å². The molecule has 2 saturated carbocycles. The second kappa shape index (κ2) is 37.0. The lowest BCUT2D eigenvalue weighted by molar-refractivity contribution is -0.338. The number of aliphatic hydroxyl groups is 5. The molecule has 0 spiro atoms. The zero-order chi connectivity index (χ0) is 59.4. The molecule has 82 heavy (non-hydrogen) atoms. The molecule has 0 radical (unpaired) electrons. The van der Waals surface area contributed by atoms with Crippen LogP contribution in [0.1, 0.15) is 103 Å². The number of amides is 4. The van der Waals surface area contributed by atoms with Crippen LogP contribution >= 0.6 is 0 Å². The first-order chi connectivity index (χ1) is 39.5. The molecular formula is C56H90N4O22. The van der Waals surface area contributed by atoms with Gasteiger partial charge in [-0.2, -0.15) is 0 Å². The smallest absolute Gasteiger partial charge is 0.332 e. The van der Waals surface area contributed by atoms with E-state index in [0.717, 1.165) is 37.7 Å². The highest BCUT2D eigenvalue weighted by molar-refractivity contribution is 5.81. The molecule has 9 unspecified atom stereocenters. The van der Waals surface area contributed by atoms with E-state index in [1.165, 1.54) is 13.8 Å². The predicted molar refractivity (Wildman–Crippen MR) is 288 cm³/mol. The Hall–Kier alpha value is -4.52. The minimum absolute atomic E-state index is 0.0156. The number of benzene rings is 1. The molecule has 4 fully saturated rings. The van der Waals surface area contributed by atoms with Crippen LogP contribution in [-0.4, -0.2) is 225 Å². The van der Waals surface area contributed by atoms with Gasteiger partial charge in [-0.1, -0.05) is 75.8 Å². The van der Waals surface area contributed by atoms with Crippen LogP contribution in [0.15, 0.2) is 30.3 Å². The van der Waals surface area contributed by atoms with Gasteiger partial charge in [-0.25, -0.2) is 4.79 Å². The molecule has 26 nitrogen and oxygen atoms in total. The number of hydrogen-bond donors (Lipinski definition) is 10. The molecule has 2 saturated heterocycles. The SMILES string of the molecule is CCC1CC(C(=O)NCCNC(=O)CCOCCOCCOCCOCCNC(=O)CCC(=O)OCc2ccccc2)C[C@@H](O[C@@H]2OC(CO)[C@H](O)C(O[C@@H](CC3CCCCC3)C(=O)O)C2NC(C)=O)C1O[C@@H]1OC(C)[C@@H](O)C(O)C1O. The number of nitrogens with one attached hydrogen (secondary N) is 4. The van der Waals surface area contributed by atoms with Crippen LogP contribution in [0.5, 0.6) is 0 Å². The Morgan fingerprint density at radius 3 is 1.96 bits per heavy atom. The van der Waals surface area contributed by atoms with E-state index < -0.39 is 116 Å². The largest absolute Gasteiger partial charge is 0.479 e. The molecule has 10 N–H and O–H groups in total. The average Bonchev–Trinajstić information content (AvgIpc) is 3.67. The summed E-state index contributed by atoms with van der Waals surface area (Å²) in [7, 11) is 0. The summed E-state index contributed by atoms with van der Waals surface area (Å²) in [6.07, 6.45) is -11.2. The molecule has 26 heteroatoms. The maximum Gasteiger partial charge on any atom is 0.332 e. The fourth-order valence-electron chi connectivity index (χ4n) is 10.5. The van der Waals surface area contributed by atoms with Crippen molar-refractivity contribution in [2.24, 2.45) is 17.8 Å². The zero-order valence-electron chi connectivity index (χ0n) is 47.5. The van der Waals surface area contributed by atoms with Crippen molar-refractivity contribution >= 4 is 35.6 Å². The third-order valence-corrected chi connectivity index (χ3v) is 15.0. The lowest BCUT2D eigenvalue weighted by Gasteiger charge is -2.49. The summed E-state index contributed by atoms with van der Waals surface area (Å²) in [6.45, 7) is 6.64. The number of rotatable bonds is 36. The second-order valence-electron chi connectivity index (χ2n) is 21.2. The van der Waals surface area contributed by atoms with Crippen LogP contribution in [0.2, 0.25) is 0 Å². The number of carboxylic acid groups (broad SMARTS) is 1. The van der Waals surface area contributed by atoms with Crippen molar-refractivity contribution in [1.82, 2.24) is 21.3 Å². The summed E-state index contributed by atoms with van der Waals surface area (Å²) >= 11 is 0. The molecule has 466 valence electrons. The van der Waals surface area contributed by atoms with Crippen LogP contribution in [-0.2, 0) is 82.7 Å². The molecule has 4 aliphatic rings. The normalized spacial score (nSPS) is 29.0. The predicted octanol–water partition coefficient (Wildman–Crippen LogP) is -0.259. The summed E-state index contributed by atoms with van der Waals surface area (Å²) in [5.74, 6) is -4.41. The van der Waals surface area contributed by atoms with Gasteiger partial charge >= 0.3 is 11.9 Å². The molecule has 4 amide bonds. The van der Waals surface area contributed by atoms with Gasteiger partial charge in [0.1, 0.15) is 49.3 Å². The van der Waals surface area contributed by atoms with E-state index in [4.69, 9.17) is 47.4 Å². The van der Waals surface area contributed by atoms with Gasteiger partial charge in [0.05, 0.1) is 84.2 Å². The van der Waals surface area contributed by atoms with Gasteiger partial charge in [0, 0.05) is 45.3 Å². The molecule has 2 aliphatic heterocycles. The third-order valence-electron chi connectivity index (χ3n) is 15.0. The Kier molecular flexibility index (Phi) is 30.8. The third kappa shape index (κ3) is 23.2. The van der Waals surface area contributed by atoms with E-state index in [1.54, 1.807) is 0 Å². The summed E-state index contributed by atoms with van der Waals surface area (Å²) in [4.78, 5) is 75.9. The van der Waals surface area contributed by atoms with E-state index in [-0.39, 0.29) is 115 Å². The monoisotopic (exact) mass is 1170 g/mol. The number of esters is 1. The number of aliphatic hydroxyl groups excluding tert-OH is 5. The highest BCUT2D eigenvalue weighted by atomic mass is 16.7. The van der Waals surface area contributed by atoms with Gasteiger partial charge < -0.3 is 99.3 Å². The Balaban J connectivity index is 1.02. The molecule has 1 aromatic carbocycles. The van der Waals surface area contributed by atoms with Crippen molar-refractivity contribution < 1.29 is 107 Å². The fraction of sp³-hybridized carbons (Fsp3) is 0.786. The van der Waals surface area contributed by atoms with Crippen molar-refractivity contribution in [1.29, 1.82) is 0 Å². The molecule has 1 aromatic rings. The van der Waals surface area contributed by atoms with Crippen LogP contribution in [0.4, 0.5) is 0 Å². The first-order valence-electron chi connectivity index (χ1n) is 28.9. The van der Waals surface area contributed by atoms with Gasteiger partial charge in [0.15, 0.2) is 18.7 Å². The highest BCUT2D eigenvalue weighted by Gasteiger charge is 2.53. The summed E-state index contributed by atoms with van der Waals surface area (Å²) in [6, 6.07) is 7.93. The van der Waals surface area contributed by atoms with Gasteiger partial charge in [-0.3, -0.25) is 24.0 Å². The van der Waals surface area contributed by atoms with E-state index in [2.05, 4.69) is 21.3 Å². The van der Waals surface area contributed by atoms with Gasteiger partial charge in [-0.15, -0.1) is 0 Å². The number of aliphatic carboxylic acids is 1. The maximum absolute atomic E-state index is 13.9. The molecule has 2 aliphatic carbocycles. The lowest BCUT2D eigenvalue weighted by atomic mass is 9.75. The van der Waals surface area contributed by atoms with Crippen molar-refractivity contribution in [2.75, 3.05) is 79.1 Å². The number of carboxylic acids is 1. The minimum atomic E-state index is -1.69. The second-order valence-corrected chi connectivity index (χ2v) is 21.2. The van der Waals surface area contributed by atoms with Crippen LogP contribution in [0.3, 0.4) is 0 Å². The quantitative estimate of drug-likeness (QED) is 0.0306. The number of hydrogen-bond acceptors (Lipinski definition) is 21. The van der Waals surface area contributed by atoms with Crippen molar-refractivity contribution in [2.45, 2.75) is 184 Å². The standard InChI is InChI=1S/C56H90N4O22/c1-4-38-30-39(53(70)59-19-18-57-44(64)17-21-73-23-25-75-27-28-76-26-24-74-22-20-58-43(63)15-16-45(65)77-33-37-13-9-6-10-14-37)31-40(51(38)82-56-50(69)49(68)47(66)34(2)78-56)80-55-46(60-35(3)62)52(48(67)42(32-61)81-55)79-41(54(71)72)29-36-11-7-5-8-12-36/h6,9-10,13-14,34,36,38-42,46-52,55-56,61,66-69H,4-5,7-8,11-12,15-33H2,1-3H3,(H,57,64)(H,58,63)(H,59,70)(H,60,62)(H,71,72)/t34?,38?,39?,40-,41+,42?,46?,47-,48+,49?,50?,51?,52?,55-,56+/m1/s1. The van der Waals surface area contributed by atoms with E-state index >= 15 is 0 Å². The van der Waals surface area contributed by atoms with Crippen LogP contribution in [0.25, 0.3) is 0 Å². The highest BCUT2D eigenvalue weighted by Crippen LogP contribution is 2.40. The van der Waals surface area contributed by atoms with E-state index in [1.807, 2.05) is 37.3 Å². The number of carbonyl (C=O) groups is 6. The summed E-state index contributed by atoms with van der Waals surface area (Å²) in [5, 5.41) is 75.4. The van der Waals surface area contributed by atoms with Crippen molar-refractivity contribution in [3.63, 3.8) is 0 Å². The van der Waals surface area contributed by atoms with Gasteiger partial charge in [0.2, 0.25) is 23.6 Å². The van der Waals surface area contributed by atoms with Gasteiger partial charge in [0.25, 0.3) is 0 Å². The molecule has 0 aromatic heterocycles. The number of carbonyl (C=O) groups excluding carboxylic acids is 5. The van der Waals surface area contributed by atoms with E-state index in [9.17, 15) is 59.4 Å². The zero-order valence-corrected chi connectivity index (χ0v) is 47.5. The topological polar surface area (TPSA) is 364 Å². The molecule has 2 heterocycles. The van der Waals surface area contributed by atoms with Crippen molar-refractivity contribution in [3.8, 4) is 0 Å². The van der Waals surface area contributed by atoms with E-state index in [0.29, 0.717) is 32.8 Å². The van der Waals surface area contributed by atoms with Crippen LogP contribution in [0, 0.1) is 17.8 Å². The summed E-state index contributed by atoms with van der Waals surface area (Å²) < 4.78 is 58.4. The lowest BCUT2D eigenvalue weighted by Crippen LogP contribution is -2.67. The van der Waals surface area contributed by atoms with Gasteiger partial charge in [-0.05, 0) is 43.6 Å². The summed E-state index contributed by atoms with van der Waals surface area (Å²) in [5.41, 5.74) is 0.871. The Labute approximate surface area is 479 Å². The fourth-order valence-corrected chi connectivity index (χ4v) is 10.5.